The van der Waals surface area contributed by atoms with Crippen molar-refractivity contribution in [1.29, 1.82) is 0 Å². The lowest BCUT2D eigenvalue weighted by Crippen LogP contribution is -2.10. The number of nitrogens with two attached hydrogens (primary N) is 1. The van der Waals surface area contributed by atoms with E-state index in [1.807, 2.05) is 0 Å². The van der Waals surface area contributed by atoms with Crippen molar-refractivity contribution >= 4 is 19.7 Å². The molecule has 6 nitrogen and oxygen atoms in total. The van der Waals surface area contributed by atoms with Gasteiger partial charge in [0.05, 0.1) is 11.2 Å². The third-order valence-corrected chi connectivity index (χ3v) is 7.61. The highest BCUT2D eigenvalue weighted by Gasteiger charge is 2.34. The van der Waals surface area contributed by atoms with Crippen LogP contribution >= 0.6 is 0 Å². The molecule has 1 atom stereocenters. The minimum absolute atomic E-state index is 0.127. The van der Waals surface area contributed by atoms with E-state index in [1.165, 1.54) is 24.3 Å². The summed E-state index contributed by atoms with van der Waals surface area (Å²) in [5.74, 6) is -1.00. The first kappa shape index (κ1) is 19.3. The van der Waals surface area contributed by atoms with Crippen molar-refractivity contribution in [3.05, 3.63) is 72.2 Å². The van der Waals surface area contributed by atoms with Crippen LogP contribution < -0.4 is 5.73 Å². The average molecular weight is 409 g/mol. The highest BCUT2D eigenvalue weighted by molar-refractivity contribution is 7.94. The highest BCUT2D eigenvalue weighted by atomic mass is 32.2. The maximum atomic E-state index is 14.0. The molecule has 2 aromatic carbocycles. The Hall–Kier alpha value is -2.49. The van der Waals surface area contributed by atoms with Crippen molar-refractivity contribution in [3.8, 4) is 0 Å². The highest BCUT2D eigenvalue weighted by Crippen LogP contribution is 2.33. The van der Waals surface area contributed by atoms with Gasteiger partial charge in [-0.3, -0.25) is 0 Å². The SMILES string of the molecule is C[C@H](N)c1ccc(S(=O)(=O)c2ccoc2S(=O)(=O)c2ccccc2F)cc1. The Balaban J connectivity index is 2.13. The first-order valence-corrected chi connectivity index (χ1v) is 10.8. The van der Waals surface area contributed by atoms with Crippen molar-refractivity contribution in [2.75, 3.05) is 0 Å². The molecule has 0 unspecified atom stereocenters. The fourth-order valence-electron chi connectivity index (χ4n) is 2.52. The quantitative estimate of drug-likeness (QED) is 0.694. The minimum Gasteiger partial charge on any atom is -0.451 e. The van der Waals surface area contributed by atoms with Crippen molar-refractivity contribution in [2.24, 2.45) is 5.73 Å². The van der Waals surface area contributed by atoms with Gasteiger partial charge in [0.1, 0.15) is 15.6 Å². The van der Waals surface area contributed by atoms with Gasteiger partial charge in [-0.2, -0.15) is 0 Å². The zero-order valence-corrected chi connectivity index (χ0v) is 15.8. The van der Waals surface area contributed by atoms with Crippen LogP contribution in [0.1, 0.15) is 18.5 Å². The third-order valence-electron chi connectivity index (χ3n) is 3.97. The molecule has 0 aliphatic carbocycles. The van der Waals surface area contributed by atoms with Crippen LogP contribution in [-0.2, 0) is 19.7 Å². The Morgan fingerprint density at radius 2 is 1.52 bits per heavy atom. The van der Waals surface area contributed by atoms with Crippen LogP contribution in [0.25, 0.3) is 0 Å². The summed E-state index contributed by atoms with van der Waals surface area (Å²) in [6.45, 7) is 1.75. The lowest BCUT2D eigenvalue weighted by atomic mass is 10.1. The van der Waals surface area contributed by atoms with E-state index in [0.717, 1.165) is 30.0 Å². The van der Waals surface area contributed by atoms with E-state index in [-0.39, 0.29) is 10.9 Å². The van der Waals surface area contributed by atoms with Gasteiger partial charge in [-0.1, -0.05) is 24.3 Å². The summed E-state index contributed by atoms with van der Waals surface area (Å²) in [4.78, 5) is -1.35. The molecule has 1 aromatic heterocycles. The second-order valence-corrected chi connectivity index (χ2v) is 9.60. The molecule has 0 saturated carbocycles. The summed E-state index contributed by atoms with van der Waals surface area (Å²) < 4.78 is 70.2. The summed E-state index contributed by atoms with van der Waals surface area (Å²) in [5.41, 5.74) is 6.47. The molecular formula is C18H16FNO5S2. The summed E-state index contributed by atoms with van der Waals surface area (Å²) in [6.07, 6.45) is 0.941. The number of halogens is 1. The van der Waals surface area contributed by atoms with E-state index in [1.54, 1.807) is 19.1 Å². The third kappa shape index (κ3) is 3.41. The fourth-order valence-corrected chi connectivity index (χ4v) is 5.72. The van der Waals surface area contributed by atoms with E-state index in [9.17, 15) is 21.2 Å². The second kappa shape index (κ2) is 6.91. The Kier molecular flexibility index (Phi) is 4.94. The largest absolute Gasteiger partial charge is 0.451 e. The van der Waals surface area contributed by atoms with E-state index in [4.69, 9.17) is 10.2 Å². The Morgan fingerprint density at radius 1 is 0.889 bits per heavy atom. The summed E-state index contributed by atoms with van der Waals surface area (Å²) >= 11 is 0. The van der Waals surface area contributed by atoms with Crippen LogP contribution in [0.2, 0.25) is 0 Å². The van der Waals surface area contributed by atoms with Gasteiger partial charge in [0.25, 0.3) is 0 Å². The van der Waals surface area contributed by atoms with Gasteiger partial charge in [-0.15, -0.1) is 0 Å². The zero-order chi connectivity index (χ0) is 19.8. The first-order chi connectivity index (χ1) is 12.7. The number of hydrogen-bond acceptors (Lipinski definition) is 6. The standard InChI is InChI=1S/C18H16FNO5S2/c1-12(20)13-6-8-14(9-7-13)26(21,22)17-10-11-25-18(17)27(23,24)16-5-3-2-4-15(16)19/h2-12H,20H2,1H3/t12-/m0/s1. The van der Waals surface area contributed by atoms with Gasteiger partial charge < -0.3 is 10.2 Å². The molecule has 3 rings (SSSR count). The lowest BCUT2D eigenvalue weighted by Gasteiger charge is -2.09. The van der Waals surface area contributed by atoms with Gasteiger partial charge in [0.2, 0.25) is 24.8 Å². The minimum atomic E-state index is -4.51. The van der Waals surface area contributed by atoms with Crippen LogP contribution in [0.4, 0.5) is 4.39 Å². The predicted molar refractivity (Wildman–Crippen MR) is 95.1 cm³/mol. The van der Waals surface area contributed by atoms with Crippen LogP contribution in [0.3, 0.4) is 0 Å². The first-order valence-electron chi connectivity index (χ1n) is 7.83. The predicted octanol–water partition coefficient (Wildman–Crippen LogP) is 3.10. The molecule has 0 saturated heterocycles. The van der Waals surface area contributed by atoms with Crippen LogP contribution in [0.5, 0.6) is 0 Å². The molecule has 0 aliphatic rings. The van der Waals surface area contributed by atoms with E-state index < -0.39 is 40.4 Å². The molecule has 27 heavy (non-hydrogen) atoms. The molecule has 2 N–H and O–H groups in total. The number of benzene rings is 2. The molecule has 9 heteroatoms. The van der Waals surface area contributed by atoms with E-state index >= 15 is 0 Å². The van der Waals surface area contributed by atoms with Crippen molar-refractivity contribution in [3.63, 3.8) is 0 Å². The van der Waals surface area contributed by atoms with Crippen molar-refractivity contribution in [1.82, 2.24) is 0 Å². The summed E-state index contributed by atoms with van der Waals surface area (Å²) in [5, 5.41) is -0.830. The number of sulfone groups is 2. The smallest absolute Gasteiger partial charge is 0.243 e. The Bertz CT molecular complexity index is 1180. The lowest BCUT2D eigenvalue weighted by molar-refractivity contribution is 0.433. The molecule has 0 bridgehead atoms. The molecule has 1 heterocycles. The van der Waals surface area contributed by atoms with Crippen molar-refractivity contribution < 1.29 is 25.6 Å². The molecule has 0 aliphatic heterocycles. The van der Waals surface area contributed by atoms with Gasteiger partial charge >= 0.3 is 0 Å². The summed E-state index contributed by atoms with van der Waals surface area (Å²) in [6, 6.07) is 11.2. The Labute approximate surface area is 156 Å². The normalized spacial score (nSPS) is 13.4. The molecular weight excluding hydrogens is 393 g/mol. The number of hydrogen-bond donors (Lipinski definition) is 1. The van der Waals surface area contributed by atoms with Gasteiger partial charge in [-0.25, -0.2) is 21.2 Å². The van der Waals surface area contributed by atoms with E-state index in [2.05, 4.69) is 0 Å². The molecule has 0 fully saturated rings. The fraction of sp³-hybridized carbons (Fsp3) is 0.111. The van der Waals surface area contributed by atoms with E-state index in [0.29, 0.717) is 0 Å². The van der Waals surface area contributed by atoms with Crippen LogP contribution in [0, 0.1) is 5.82 Å². The zero-order valence-electron chi connectivity index (χ0n) is 14.2. The maximum Gasteiger partial charge on any atom is 0.243 e. The van der Waals surface area contributed by atoms with Gasteiger partial charge in [0.15, 0.2) is 0 Å². The van der Waals surface area contributed by atoms with Crippen molar-refractivity contribution in [2.45, 2.75) is 32.7 Å². The maximum absolute atomic E-state index is 14.0. The average Bonchev–Trinajstić information content (AvgIpc) is 3.13. The van der Waals surface area contributed by atoms with Gasteiger partial charge in [0, 0.05) is 6.04 Å². The summed E-state index contributed by atoms with van der Waals surface area (Å²) in [7, 11) is -8.72. The topological polar surface area (TPSA) is 107 Å². The molecule has 142 valence electrons. The second-order valence-electron chi connectivity index (χ2n) is 5.87. The Morgan fingerprint density at radius 3 is 2.11 bits per heavy atom. The van der Waals surface area contributed by atoms with Crippen LogP contribution in [-0.4, -0.2) is 16.8 Å². The molecule has 0 spiro atoms. The molecule has 3 aromatic rings. The number of furan rings is 1. The monoisotopic (exact) mass is 409 g/mol. The number of rotatable bonds is 5. The molecule has 0 radical (unpaired) electrons. The molecule has 0 amide bonds. The van der Waals surface area contributed by atoms with Crippen LogP contribution in [0.15, 0.2) is 85.1 Å². The van der Waals surface area contributed by atoms with Gasteiger partial charge in [-0.05, 0) is 42.8 Å².